The van der Waals surface area contributed by atoms with E-state index in [1.54, 1.807) is 0 Å². The van der Waals surface area contributed by atoms with Crippen molar-refractivity contribution in [3.05, 3.63) is 35.9 Å². The summed E-state index contributed by atoms with van der Waals surface area (Å²) in [5.74, 6) is 1.94. The predicted octanol–water partition coefficient (Wildman–Crippen LogP) is 4.68. The zero-order valence-corrected chi connectivity index (χ0v) is 11.6. The molecular formula is C17H27N. The highest BCUT2D eigenvalue weighted by Gasteiger charge is 2.20. The molecule has 1 unspecified atom stereocenters. The van der Waals surface area contributed by atoms with Gasteiger partial charge in [-0.3, -0.25) is 0 Å². The molecule has 1 aromatic rings. The highest BCUT2D eigenvalue weighted by molar-refractivity contribution is 5.18. The zero-order chi connectivity index (χ0) is 12.8. The van der Waals surface area contributed by atoms with Crippen LogP contribution in [0.25, 0.3) is 0 Å². The third kappa shape index (κ3) is 3.84. The Bertz CT molecular complexity index is 325. The standard InChI is InChI=1S/C17H27N/c1-2-14-8-10-15(11-9-14)12-13-17(18)16-6-4-3-5-7-16/h3-7,14-15,17H,2,8-13,18H2,1H3. The van der Waals surface area contributed by atoms with Crippen LogP contribution in [0, 0.1) is 11.8 Å². The van der Waals surface area contributed by atoms with Crippen molar-refractivity contribution in [3.63, 3.8) is 0 Å². The summed E-state index contributed by atoms with van der Waals surface area (Å²) < 4.78 is 0. The first kappa shape index (κ1) is 13.6. The molecule has 1 saturated carbocycles. The van der Waals surface area contributed by atoms with E-state index in [1.165, 1.54) is 44.1 Å². The Morgan fingerprint density at radius 2 is 1.67 bits per heavy atom. The third-order valence-corrected chi connectivity index (χ3v) is 4.66. The normalized spacial score (nSPS) is 25.9. The van der Waals surface area contributed by atoms with Crippen LogP contribution in [0.3, 0.4) is 0 Å². The molecule has 0 amide bonds. The van der Waals surface area contributed by atoms with Crippen molar-refractivity contribution in [2.75, 3.05) is 0 Å². The highest BCUT2D eigenvalue weighted by Crippen LogP contribution is 2.34. The molecule has 2 rings (SSSR count). The van der Waals surface area contributed by atoms with Gasteiger partial charge in [-0.1, -0.05) is 69.4 Å². The molecule has 0 bridgehead atoms. The Morgan fingerprint density at radius 3 is 2.28 bits per heavy atom. The van der Waals surface area contributed by atoms with Crippen molar-refractivity contribution in [1.29, 1.82) is 0 Å². The van der Waals surface area contributed by atoms with Crippen LogP contribution in [-0.4, -0.2) is 0 Å². The van der Waals surface area contributed by atoms with E-state index < -0.39 is 0 Å². The fraction of sp³-hybridized carbons (Fsp3) is 0.647. The summed E-state index contributed by atoms with van der Waals surface area (Å²) in [5.41, 5.74) is 7.56. The van der Waals surface area contributed by atoms with E-state index in [0.29, 0.717) is 0 Å². The Kier molecular flexibility index (Phi) is 5.25. The van der Waals surface area contributed by atoms with E-state index in [-0.39, 0.29) is 6.04 Å². The molecule has 0 spiro atoms. The predicted molar refractivity (Wildman–Crippen MR) is 78.3 cm³/mol. The summed E-state index contributed by atoms with van der Waals surface area (Å²) in [6.45, 7) is 2.33. The first-order valence-electron chi connectivity index (χ1n) is 7.60. The first-order valence-corrected chi connectivity index (χ1v) is 7.60. The molecule has 0 aliphatic heterocycles. The summed E-state index contributed by atoms with van der Waals surface area (Å²) in [4.78, 5) is 0. The Balaban J connectivity index is 1.72. The zero-order valence-electron chi connectivity index (χ0n) is 11.6. The molecule has 1 aliphatic rings. The second-order valence-corrected chi connectivity index (χ2v) is 5.89. The van der Waals surface area contributed by atoms with Crippen molar-refractivity contribution in [2.45, 2.75) is 57.9 Å². The molecule has 1 aliphatic carbocycles. The van der Waals surface area contributed by atoms with Crippen molar-refractivity contribution in [1.82, 2.24) is 0 Å². The largest absolute Gasteiger partial charge is 0.324 e. The fourth-order valence-electron chi connectivity index (χ4n) is 3.21. The van der Waals surface area contributed by atoms with Crippen molar-refractivity contribution >= 4 is 0 Å². The van der Waals surface area contributed by atoms with Gasteiger partial charge in [0.25, 0.3) is 0 Å². The van der Waals surface area contributed by atoms with E-state index >= 15 is 0 Å². The second kappa shape index (κ2) is 6.94. The quantitative estimate of drug-likeness (QED) is 0.800. The molecule has 1 atom stereocenters. The van der Waals surface area contributed by atoms with Crippen LogP contribution < -0.4 is 5.73 Å². The molecule has 1 aromatic carbocycles. The summed E-state index contributed by atoms with van der Waals surface area (Å²) in [6.07, 6.45) is 9.58. The minimum atomic E-state index is 0.232. The smallest absolute Gasteiger partial charge is 0.0294 e. The Morgan fingerprint density at radius 1 is 1.06 bits per heavy atom. The molecule has 0 radical (unpaired) electrons. The highest BCUT2D eigenvalue weighted by atomic mass is 14.6. The molecule has 0 aromatic heterocycles. The SMILES string of the molecule is CCC1CCC(CCC(N)c2ccccc2)CC1. The molecule has 100 valence electrons. The van der Waals surface area contributed by atoms with E-state index in [4.69, 9.17) is 5.73 Å². The van der Waals surface area contributed by atoms with Crippen molar-refractivity contribution in [3.8, 4) is 0 Å². The van der Waals surface area contributed by atoms with Gasteiger partial charge in [-0.25, -0.2) is 0 Å². The molecule has 1 nitrogen and oxygen atoms in total. The average molecular weight is 245 g/mol. The van der Waals surface area contributed by atoms with Gasteiger partial charge < -0.3 is 5.73 Å². The lowest BCUT2D eigenvalue weighted by Crippen LogP contribution is -2.17. The van der Waals surface area contributed by atoms with Gasteiger partial charge >= 0.3 is 0 Å². The Labute approximate surface area is 112 Å². The van der Waals surface area contributed by atoms with Gasteiger partial charge in [-0.2, -0.15) is 0 Å². The molecule has 0 saturated heterocycles. The van der Waals surface area contributed by atoms with Crippen LogP contribution >= 0.6 is 0 Å². The lowest BCUT2D eigenvalue weighted by atomic mass is 9.78. The van der Waals surface area contributed by atoms with Crippen LogP contribution in [-0.2, 0) is 0 Å². The number of benzene rings is 1. The van der Waals surface area contributed by atoms with E-state index in [9.17, 15) is 0 Å². The van der Waals surface area contributed by atoms with Gasteiger partial charge in [0.15, 0.2) is 0 Å². The molecular weight excluding hydrogens is 218 g/mol. The molecule has 18 heavy (non-hydrogen) atoms. The van der Waals surface area contributed by atoms with Crippen LogP contribution in [0.1, 0.15) is 63.5 Å². The summed E-state index contributed by atoms with van der Waals surface area (Å²) in [6, 6.07) is 10.8. The summed E-state index contributed by atoms with van der Waals surface area (Å²) in [7, 11) is 0. The maximum Gasteiger partial charge on any atom is 0.0294 e. The monoisotopic (exact) mass is 245 g/mol. The van der Waals surface area contributed by atoms with Crippen LogP contribution in [0.5, 0.6) is 0 Å². The second-order valence-electron chi connectivity index (χ2n) is 5.89. The maximum absolute atomic E-state index is 6.27. The summed E-state index contributed by atoms with van der Waals surface area (Å²) >= 11 is 0. The minimum absolute atomic E-state index is 0.232. The van der Waals surface area contributed by atoms with Crippen LogP contribution in [0.15, 0.2) is 30.3 Å². The number of nitrogens with two attached hydrogens (primary N) is 1. The van der Waals surface area contributed by atoms with E-state index in [1.807, 2.05) is 0 Å². The van der Waals surface area contributed by atoms with Crippen LogP contribution in [0.2, 0.25) is 0 Å². The Hall–Kier alpha value is -0.820. The van der Waals surface area contributed by atoms with Crippen LogP contribution in [0.4, 0.5) is 0 Å². The lowest BCUT2D eigenvalue weighted by molar-refractivity contribution is 0.251. The van der Waals surface area contributed by atoms with Crippen molar-refractivity contribution < 1.29 is 0 Å². The fourth-order valence-corrected chi connectivity index (χ4v) is 3.21. The topological polar surface area (TPSA) is 26.0 Å². The van der Waals surface area contributed by atoms with E-state index in [0.717, 1.165) is 18.3 Å². The third-order valence-electron chi connectivity index (χ3n) is 4.66. The van der Waals surface area contributed by atoms with Gasteiger partial charge in [0.2, 0.25) is 0 Å². The van der Waals surface area contributed by atoms with Gasteiger partial charge in [0.1, 0.15) is 0 Å². The molecule has 0 heterocycles. The van der Waals surface area contributed by atoms with Gasteiger partial charge in [0.05, 0.1) is 0 Å². The van der Waals surface area contributed by atoms with E-state index in [2.05, 4.69) is 37.3 Å². The van der Waals surface area contributed by atoms with Gasteiger partial charge in [0, 0.05) is 6.04 Å². The lowest BCUT2D eigenvalue weighted by Gasteiger charge is -2.28. The maximum atomic E-state index is 6.27. The van der Waals surface area contributed by atoms with Crippen molar-refractivity contribution in [2.24, 2.45) is 17.6 Å². The summed E-state index contributed by atoms with van der Waals surface area (Å²) in [5, 5.41) is 0. The average Bonchev–Trinajstić information content (AvgIpc) is 2.46. The van der Waals surface area contributed by atoms with Gasteiger partial charge in [-0.15, -0.1) is 0 Å². The minimum Gasteiger partial charge on any atom is -0.324 e. The molecule has 1 fully saturated rings. The first-order chi connectivity index (χ1) is 8.79. The molecule has 1 heteroatoms. The van der Waals surface area contributed by atoms with Gasteiger partial charge in [-0.05, 0) is 30.2 Å². The molecule has 2 N–H and O–H groups in total. The number of rotatable bonds is 5. The number of hydrogen-bond donors (Lipinski definition) is 1. The number of hydrogen-bond acceptors (Lipinski definition) is 1.